The van der Waals surface area contributed by atoms with Crippen LogP contribution in [-0.4, -0.2) is 24.9 Å². The third kappa shape index (κ3) is 4.25. The van der Waals surface area contributed by atoms with E-state index in [0.29, 0.717) is 22.0 Å². The number of benzene rings is 2. The van der Waals surface area contributed by atoms with E-state index >= 15 is 0 Å². The van der Waals surface area contributed by atoms with Crippen molar-refractivity contribution in [1.29, 1.82) is 0 Å². The second-order valence-corrected chi connectivity index (χ2v) is 6.72. The molecule has 2 amide bonds. The van der Waals surface area contributed by atoms with Crippen LogP contribution < -0.4 is 19.9 Å². The van der Waals surface area contributed by atoms with Crippen molar-refractivity contribution < 1.29 is 23.9 Å². The molecule has 1 fully saturated rings. The van der Waals surface area contributed by atoms with Crippen LogP contribution in [0.2, 0.25) is 5.02 Å². The lowest BCUT2D eigenvalue weighted by atomic mass is 10.1. The summed E-state index contributed by atoms with van der Waals surface area (Å²) in [6, 6.07) is 9.82. The number of aryl methyl sites for hydroxylation is 1. The van der Waals surface area contributed by atoms with Gasteiger partial charge < -0.3 is 9.47 Å². The molecule has 0 atom stereocenters. The lowest BCUT2D eigenvalue weighted by molar-refractivity contribution is -0.134. The summed E-state index contributed by atoms with van der Waals surface area (Å²) < 4.78 is 10.4. The summed E-state index contributed by atoms with van der Waals surface area (Å²) in [6.45, 7) is 3.53. The fourth-order valence-corrected chi connectivity index (χ4v) is 2.85. The van der Waals surface area contributed by atoms with Gasteiger partial charge in [-0.3, -0.25) is 19.8 Å². The summed E-state index contributed by atoms with van der Waals surface area (Å²) in [5, 5.41) is 1.64. The Morgan fingerprint density at radius 3 is 2.59 bits per heavy atom. The summed E-state index contributed by atoms with van der Waals surface area (Å²) >= 11 is 6.12. The van der Waals surface area contributed by atoms with Gasteiger partial charge in [0.25, 0.3) is 11.8 Å². The average Bonchev–Trinajstić information content (AvgIpc) is 2.99. The van der Waals surface area contributed by atoms with Gasteiger partial charge >= 0.3 is 5.97 Å². The zero-order valence-electron chi connectivity index (χ0n) is 16.1. The quantitative estimate of drug-likeness (QED) is 0.350. The molecule has 1 aliphatic heterocycles. The number of ether oxygens (including phenoxy) is 2. The first-order valence-corrected chi connectivity index (χ1v) is 9.23. The Bertz CT molecular complexity index is 1030. The lowest BCUT2D eigenvalue weighted by Crippen LogP contribution is -2.35. The van der Waals surface area contributed by atoms with Crippen LogP contribution in [-0.2, 0) is 14.4 Å². The Hall–Kier alpha value is -3.32. The van der Waals surface area contributed by atoms with Gasteiger partial charge in [0.05, 0.1) is 12.8 Å². The number of anilines is 1. The van der Waals surface area contributed by atoms with Gasteiger partial charge in [-0.15, -0.1) is 0 Å². The van der Waals surface area contributed by atoms with Crippen LogP contribution in [0.25, 0.3) is 6.08 Å². The van der Waals surface area contributed by atoms with Crippen molar-refractivity contribution in [2.24, 2.45) is 0 Å². The van der Waals surface area contributed by atoms with Gasteiger partial charge in [-0.25, -0.2) is 5.01 Å². The first-order chi connectivity index (χ1) is 13.8. The second kappa shape index (κ2) is 8.36. The molecule has 0 unspecified atom stereocenters. The van der Waals surface area contributed by atoms with Crippen LogP contribution >= 0.6 is 11.6 Å². The molecule has 0 bridgehead atoms. The maximum Gasteiger partial charge on any atom is 0.311 e. The molecule has 1 heterocycles. The van der Waals surface area contributed by atoms with E-state index in [1.165, 1.54) is 13.2 Å². The van der Waals surface area contributed by atoms with Crippen LogP contribution in [0.15, 0.2) is 42.0 Å². The number of hydrazine groups is 1. The van der Waals surface area contributed by atoms with E-state index in [2.05, 4.69) is 5.43 Å². The number of hydrogen-bond acceptors (Lipinski definition) is 5. The number of halogens is 1. The molecule has 150 valence electrons. The van der Waals surface area contributed by atoms with Crippen molar-refractivity contribution in [3.8, 4) is 11.5 Å². The number of amides is 2. The molecule has 1 N–H and O–H groups in total. The predicted molar refractivity (Wildman–Crippen MR) is 109 cm³/mol. The number of hydrogen-bond donors (Lipinski definition) is 1. The van der Waals surface area contributed by atoms with Crippen LogP contribution in [0.3, 0.4) is 0 Å². The monoisotopic (exact) mass is 414 g/mol. The topological polar surface area (TPSA) is 84.9 Å². The Kier molecular flexibility index (Phi) is 5.89. The first kappa shape index (κ1) is 20.4. The molecule has 7 nitrogen and oxygen atoms in total. The number of carbonyl (C=O) groups excluding carboxylic acids is 3. The Morgan fingerprint density at radius 1 is 1.17 bits per heavy atom. The highest BCUT2D eigenvalue weighted by Crippen LogP contribution is 2.31. The molecule has 0 radical (unpaired) electrons. The van der Waals surface area contributed by atoms with Gasteiger partial charge in [0.2, 0.25) is 0 Å². The van der Waals surface area contributed by atoms with Gasteiger partial charge in [0, 0.05) is 11.4 Å². The third-order valence-electron chi connectivity index (χ3n) is 4.32. The highest BCUT2D eigenvalue weighted by Gasteiger charge is 2.34. The van der Waals surface area contributed by atoms with E-state index in [4.69, 9.17) is 21.1 Å². The van der Waals surface area contributed by atoms with Crippen LogP contribution in [0.5, 0.6) is 11.5 Å². The molecule has 2 aromatic carbocycles. The molecule has 8 heteroatoms. The number of methoxy groups -OCH3 is 1. The number of rotatable bonds is 5. The third-order valence-corrected chi connectivity index (χ3v) is 4.72. The first-order valence-electron chi connectivity index (χ1n) is 8.86. The SMILES string of the molecule is CCC(=O)Oc1ccc(/C=C2\C(=O)NN(c3ccc(C)c(Cl)c3)C2=O)cc1OC. The number of nitrogens with one attached hydrogen (secondary N) is 1. The number of esters is 1. The molecular weight excluding hydrogens is 396 g/mol. The fraction of sp³-hybridized carbons (Fsp3) is 0.190. The highest BCUT2D eigenvalue weighted by molar-refractivity contribution is 6.33. The standard InChI is InChI=1S/C21H19ClN2O5/c1-4-19(25)29-17-8-6-13(10-18(17)28-3)9-15-20(26)23-24(21(15)27)14-7-5-12(2)16(22)11-14/h5-11H,4H2,1-3H3,(H,23,26)/b15-9+. The Labute approximate surface area is 172 Å². The minimum absolute atomic E-state index is 0.0398. The van der Waals surface area contributed by atoms with E-state index < -0.39 is 17.8 Å². The van der Waals surface area contributed by atoms with Crippen LogP contribution in [0, 0.1) is 6.92 Å². The van der Waals surface area contributed by atoms with Crippen molar-refractivity contribution in [1.82, 2.24) is 5.43 Å². The van der Waals surface area contributed by atoms with Crippen molar-refractivity contribution >= 4 is 41.1 Å². The summed E-state index contributed by atoms with van der Waals surface area (Å²) in [4.78, 5) is 36.6. The minimum atomic E-state index is -0.535. The van der Waals surface area contributed by atoms with Gasteiger partial charge in [-0.05, 0) is 48.4 Å². The zero-order chi connectivity index (χ0) is 21.1. The molecule has 0 aliphatic carbocycles. The van der Waals surface area contributed by atoms with Gasteiger partial charge in [-0.1, -0.05) is 30.7 Å². The molecule has 1 aliphatic rings. The molecule has 3 rings (SSSR count). The van der Waals surface area contributed by atoms with Gasteiger partial charge in [-0.2, -0.15) is 0 Å². The van der Waals surface area contributed by atoms with E-state index in [0.717, 1.165) is 10.6 Å². The highest BCUT2D eigenvalue weighted by atomic mass is 35.5. The summed E-state index contributed by atoms with van der Waals surface area (Å²) in [5.74, 6) is -0.858. The second-order valence-electron chi connectivity index (χ2n) is 6.31. The summed E-state index contributed by atoms with van der Waals surface area (Å²) in [5.41, 5.74) is 4.35. The van der Waals surface area contributed by atoms with E-state index in [1.807, 2.05) is 6.92 Å². The van der Waals surface area contributed by atoms with Crippen molar-refractivity contribution in [2.75, 3.05) is 12.1 Å². The average molecular weight is 415 g/mol. The molecule has 0 aromatic heterocycles. The van der Waals surface area contributed by atoms with E-state index in [1.54, 1.807) is 43.3 Å². The fourth-order valence-electron chi connectivity index (χ4n) is 2.68. The molecular formula is C21H19ClN2O5. The van der Waals surface area contributed by atoms with Crippen molar-refractivity contribution in [3.63, 3.8) is 0 Å². The largest absolute Gasteiger partial charge is 0.493 e. The van der Waals surface area contributed by atoms with Crippen molar-refractivity contribution in [2.45, 2.75) is 20.3 Å². The molecule has 0 saturated carbocycles. The van der Waals surface area contributed by atoms with Crippen LogP contribution in [0.1, 0.15) is 24.5 Å². The minimum Gasteiger partial charge on any atom is -0.493 e. The molecule has 0 spiro atoms. The van der Waals surface area contributed by atoms with E-state index in [9.17, 15) is 14.4 Å². The summed E-state index contributed by atoms with van der Waals surface area (Å²) in [6.07, 6.45) is 1.67. The number of nitrogens with zero attached hydrogens (tertiary/aromatic N) is 1. The van der Waals surface area contributed by atoms with E-state index in [-0.39, 0.29) is 17.7 Å². The van der Waals surface area contributed by atoms with Gasteiger partial charge in [0.1, 0.15) is 5.57 Å². The number of carbonyl (C=O) groups is 3. The van der Waals surface area contributed by atoms with Crippen LogP contribution in [0.4, 0.5) is 5.69 Å². The zero-order valence-corrected chi connectivity index (χ0v) is 16.9. The Morgan fingerprint density at radius 2 is 1.93 bits per heavy atom. The van der Waals surface area contributed by atoms with Gasteiger partial charge in [0.15, 0.2) is 11.5 Å². The molecule has 29 heavy (non-hydrogen) atoms. The smallest absolute Gasteiger partial charge is 0.311 e. The van der Waals surface area contributed by atoms with Crippen molar-refractivity contribution in [3.05, 3.63) is 58.1 Å². The maximum absolute atomic E-state index is 12.8. The summed E-state index contributed by atoms with van der Waals surface area (Å²) in [7, 11) is 1.44. The lowest BCUT2D eigenvalue weighted by Gasteiger charge is -2.15. The molecule has 2 aromatic rings. The normalized spacial score (nSPS) is 14.9. The molecule has 1 saturated heterocycles. The Balaban J connectivity index is 1.89. The maximum atomic E-state index is 12.8. The predicted octanol–water partition coefficient (Wildman–Crippen LogP) is 3.43.